The molecule has 0 aliphatic rings. The molecule has 0 aliphatic heterocycles. The number of aromatic hydroxyl groups is 1. The number of tetrazole rings is 1. The number of ether oxygens (including phenoxy) is 1. The number of aromatic amines is 1. The van der Waals surface area contributed by atoms with Gasteiger partial charge >= 0.3 is 12.0 Å². The van der Waals surface area contributed by atoms with E-state index in [1.54, 1.807) is 29.2 Å². The molecule has 48 heavy (non-hydrogen) atoms. The van der Waals surface area contributed by atoms with E-state index >= 15 is 0 Å². The van der Waals surface area contributed by atoms with E-state index in [2.05, 4.69) is 39.8 Å². The number of rotatable bonds is 20. The number of aromatic nitrogens is 4. The van der Waals surface area contributed by atoms with Gasteiger partial charge in [0.2, 0.25) is 0 Å². The van der Waals surface area contributed by atoms with Gasteiger partial charge in [0, 0.05) is 25.1 Å². The van der Waals surface area contributed by atoms with E-state index in [4.69, 9.17) is 4.74 Å². The summed E-state index contributed by atoms with van der Waals surface area (Å²) in [4.78, 5) is 28.8. The zero-order valence-electron chi connectivity index (χ0n) is 28.4. The molecule has 2 amide bonds. The van der Waals surface area contributed by atoms with E-state index < -0.39 is 12.0 Å². The van der Waals surface area contributed by atoms with Crippen molar-refractivity contribution in [1.29, 1.82) is 0 Å². The van der Waals surface area contributed by atoms with E-state index in [1.165, 1.54) is 32.1 Å². The summed E-state index contributed by atoms with van der Waals surface area (Å²) in [7, 11) is 0. The second-order valence-corrected chi connectivity index (χ2v) is 12.3. The lowest BCUT2D eigenvalue weighted by Gasteiger charge is -2.26. The van der Waals surface area contributed by atoms with Gasteiger partial charge in [0.15, 0.2) is 5.82 Å². The molecule has 4 rings (SSSR count). The molecule has 1 heterocycles. The highest BCUT2D eigenvalue weighted by molar-refractivity contribution is 5.84. The summed E-state index contributed by atoms with van der Waals surface area (Å²) in [6.07, 6.45) is 11.2. The Morgan fingerprint density at radius 1 is 0.812 bits per heavy atom. The first-order valence-corrected chi connectivity index (χ1v) is 17.4. The molecule has 3 aromatic carbocycles. The molecular formula is C38H50N6O4. The van der Waals surface area contributed by atoms with Gasteiger partial charge in [-0.25, -0.2) is 14.7 Å². The number of esters is 1. The molecule has 4 aromatic rings. The summed E-state index contributed by atoms with van der Waals surface area (Å²) in [5, 5.41) is 27.1. The molecule has 0 saturated carbocycles. The highest BCUT2D eigenvalue weighted by atomic mass is 16.5. The molecule has 3 N–H and O–H groups in total. The molecule has 1 aromatic heterocycles. The topological polar surface area (TPSA) is 133 Å². The number of H-pyrrole nitrogens is 1. The normalized spacial score (nSPS) is 11.6. The Morgan fingerprint density at radius 3 is 2.12 bits per heavy atom. The van der Waals surface area contributed by atoms with Crippen LogP contribution in [0.15, 0.2) is 72.8 Å². The van der Waals surface area contributed by atoms with Gasteiger partial charge in [0.05, 0.1) is 6.61 Å². The largest absolute Gasteiger partial charge is 0.508 e. The Labute approximate surface area is 284 Å². The summed E-state index contributed by atoms with van der Waals surface area (Å²) >= 11 is 0. The number of urea groups is 1. The van der Waals surface area contributed by atoms with Crippen LogP contribution in [0.2, 0.25) is 0 Å². The van der Waals surface area contributed by atoms with Crippen molar-refractivity contribution in [3.8, 4) is 28.3 Å². The van der Waals surface area contributed by atoms with Gasteiger partial charge in [-0.15, -0.1) is 5.10 Å². The maximum atomic E-state index is 13.7. The third-order valence-corrected chi connectivity index (χ3v) is 8.44. The summed E-state index contributed by atoms with van der Waals surface area (Å²) in [5.41, 5.74) is 4.68. The molecule has 0 spiro atoms. The highest BCUT2D eigenvalue weighted by Crippen LogP contribution is 2.30. The van der Waals surface area contributed by atoms with Crippen LogP contribution < -0.4 is 5.32 Å². The second kappa shape index (κ2) is 19.8. The van der Waals surface area contributed by atoms with Crippen molar-refractivity contribution in [3.63, 3.8) is 0 Å². The Hall–Kier alpha value is -4.73. The molecule has 0 radical (unpaired) electrons. The van der Waals surface area contributed by atoms with Gasteiger partial charge in [0.1, 0.15) is 11.8 Å². The zero-order valence-corrected chi connectivity index (χ0v) is 28.4. The predicted octanol–water partition coefficient (Wildman–Crippen LogP) is 7.85. The molecular weight excluding hydrogens is 604 g/mol. The Balaban J connectivity index is 1.40. The molecule has 0 aliphatic carbocycles. The number of hydrogen-bond acceptors (Lipinski definition) is 7. The predicted molar refractivity (Wildman–Crippen MR) is 188 cm³/mol. The fraction of sp³-hybridized carbons (Fsp3) is 0.447. The first kappa shape index (κ1) is 36.1. The van der Waals surface area contributed by atoms with Crippen LogP contribution in [-0.2, 0) is 22.5 Å². The van der Waals surface area contributed by atoms with Crippen LogP contribution >= 0.6 is 0 Å². The minimum absolute atomic E-state index is 0.145. The lowest BCUT2D eigenvalue weighted by Crippen LogP contribution is -2.49. The van der Waals surface area contributed by atoms with Crippen molar-refractivity contribution >= 4 is 12.0 Å². The molecule has 1 atom stereocenters. The van der Waals surface area contributed by atoms with Crippen LogP contribution in [0.25, 0.3) is 22.5 Å². The Kier molecular flexibility index (Phi) is 14.9. The van der Waals surface area contributed by atoms with Crippen molar-refractivity contribution in [2.24, 2.45) is 0 Å². The van der Waals surface area contributed by atoms with Crippen molar-refractivity contribution in [3.05, 3.63) is 83.9 Å². The minimum atomic E-state index is -0.857. The second-order valence-electron chi connectivity index (χ2n) is 12.3. The van der Waals surface area contributed by atoms with Gasteiger partial charge in [0.25, 0.3) is 0 Å². The molecule has 0 saturated heterocycles. The van der Waals surface area contributed by atoms with Crippen LogP contribution in [0.4, 0.5) is 4.79 Å². The molecule has 10 nitrogen and oxygen atoms in total. The molecule has 0 fully saturated rings. The number of nitrogens with zero attached hydrogens (tertiary/aromatic N) is 4. The van der Waals surface area contributed by atoms with Crippen molar-refractivity contribution < 1.29 is 19.4 Å². The van der Waals surface area contributed by atoms with Gasteiger partial charge in [-0.1, -0.05) is 126 Å². The maximum absolute atomic E-state index is 13.7. The number of phenols is 1. The van der Waals surface area contributed by atoms with Crippen molar-refractivity contribution in [1.82, 2.24) is 30.8 Å². The van der Waals surface area contributed by atoms with E-state index in [-0.39, 0.29) is 18.2 Å². The number of unbranched alkanes of at least 4 members (excludes halogenated alkanes) is 8. The average Bonchev–Trinajstić information content (AvgIpc) is 3.65. The fourth-order valence-corrected chi connectivity index (χ4v) is 5.64. The summed E-state index contributed by atoms with van der Waals surface area (Å²) in [5.74, 6) is 0.293. The minimum Gasteiger partial charge on any atom is -0.508 e. The monoisotopic (exact) mass is 654 g/mol. The lowest BCUT2D eigenvalue weighted by atomic mass is 9.98. The van der Waals surface area contributed by atoms with Crippen molar-refractivity contribution in [2.45, 2.75) is 97.1 Å². The Morgan fingerprint density at radius 2 is 1.46 bits per heavy atom. The number of phenolic OH excluding ortho intramolecular Hbond substituents is 1. The van der Waals surface area contributed by atoms with Gasteiger partial charge in [-0.2, -0.15) is 0 Å². The van der Waals surface area contributed by atoms with Crippen LogP contribution in [-0.4, -0.2) is 61.8 Å². The number of nitrogens with one attached hydrogen (secondary N) is 2. The van der Waals surface area contributed by atoms with Gasteiger partial charge in [-0.05, 0) is 57.7 Å². The molecule has 10 heteroatoms. The summed E-state index contributed by atoms with van der Waals surface area (Å²) < 4.78 is 5.68. The van der Waals surface area contributed by atoms with Crippen LogP contribution in [0.5, 0.6) is 5.75 Å². The van der Waals surface area contributed by atoms with Crippen molar-refractivity contribution in [2.75, 3.05) is 13.2 Å². The SMILES string of the molecule is CCCCCCCCCCOC(=O)[C@H](Cc1ccc(O)cc1)NC(=O)N(CCCC)Cc1ccc(-c2ccccc2-c2nnn[nH]2)cc1. The van der Waals surface area contributed by atoms with Gasteiger partial charge in [-0.3, -0.25) is 0 Å². The average molecular weight is 655 g/mol. The van der Waals surface area contributed by atoms with E-state index in [9.17, 15) is 14.7 Å². The quantitative estimate of drug-likeness (QED) is 0.0653. The zero-order chi connectivity index (χ0) is 34.0. The van der Waals surface area contributed by atoms with Crippen LogP contribution in [0.1, 0.15) is 89.2 Å². The van der Waals surface area contributed by atoms with Crippen LogP contribution in [0, 0.1) is 0 Å². The standard InChI is InChI=1S/C38H50N6O4/c1-3-5-7-8-9-10-11-14-26-48-37(46)35(27-29-19-23-32(45)24-20-29)39-38(47)44(25-6-4-2)28-30-17-21-31(22-18-30)33-15-12-13-16-34(33)36-40-42-43-41-36/h12-13,15-24,35,45H,3-11,14,25-28H2,1-2H3,(H,39,47)(H,40,41,42,43)/t35-/m0/s1. The molecule has 256 valence electrons. The lowest BCUT2D eigenvalue weighted by molar-refractivity contribution is -0.146. The number of carbonyl (C=O) groups is 2. The smallest absolute Gasteiger partial charge is 0.329 e. The Bertz CT molecular complexity index is 1510. The van der Waals surface area contributed by atoms with E-state index in [0.717, 1.165) is 59.9 Å². The summed E-state index contributed by atoms with van der Waals surface area (Å²) in [6.45, 7) is 5.57. The fourth-order valence-electron chi connectivity index (χ4n) is 5.64. The number of amides is 2. The first-order chi connectivity index (χ1) is 23.5. The first-order valence-electron chi connectivity index (χ1n) is 17.4. The van der Waals surface area contributed by atoms with E-state index in [1.807, 2.05) is 48.5 Å². The summed E-state index contributed by atoms with van der Waals surface area (Å²) in [6, 6.07) is 21.5. The van der Waals surface area contributed by atoms with E-state index in [0.29, 0.717) is 25.5 Å². The third-order valence-electron chi connectivity index (χ3n) is 8.44. The molecule has 0 bridgehead atoms. The highest BCUT2D eigenvalue weighted by Gasteiger charge is 2.26. The molecule has 0 unspecified atom stereocenters. The third kappa shape index (κ3) is 11.5. The van der Waals surface area contributed by atoms with Gasteiger partial charge < -0.3 is 20.1 Å². The number of hydrogen-bond donors (Lipinski definition) is 3. The number of carbonyl (C=O) groups excluding carboxylic acids is 2. The maximum Gasteiger partial charge on any atom is 0.329 e. The number of benzene rings is 3. The van der Waals surface area contributed by atoms with Crippen LogP contribution in [0.3, 0.4) is 0 Å².